The minimum atomic E-state index is -3.60. The molecule has 2 N–H and O–H groups in total. The summed E-state index contributed by atoms with van der Waals surface area (Å²) in [7, 11) is -3.60. The molecule has 0 heterocycles. The number of phenolic OH excluding ortho intramolecular Hbond substituents is 1. The van der Waals surface area contributed by atoms with Gasteiger partial charge in [0.25, 0.3) is 5.69 Å². The fourth-order valence-electron chi connectivity index (χ4n) is 2.13. The number of nitro groups is 1. The summed E-state index contributed by atoms with van der Waals surface area (Å²) in [5.41, 5.74) is 0.933. The fourth-order valence-corrected chi connectivity index (χ4v) is 3.01. The molecule has 2 rings (SSSR count). The van der Waals surface area contributed by atoms with E-state index in [9.17, 15) is 23.6 Å². The maximum absolute atomic E-state index is 11.8. The highest BCUT2D eigenvalue weighted by molar-refractivity contribution is 7.90. The Balaban J connectivity index is 2.17. The van der Waals surface area contributed by atoms with Crippen LogP contribution in [0.3, 0.4) is 0 Å². The van der Waals surface area contributed by atoms with Crippen molar-refractivity contribution in [2.24, 2.45) is 0 Å². The average molecular weight is 336 g/mol. The highest BCUT2D eigenvalue weighted by Crippen LogP contribution is 2.26. The summed E-state index contributed by atoms with van der Waals surface area (Å²) in [5, 5.41) is 23.2. The first-order valence-electron chi connectivity index (χ1n) is 6.77. The molecule has 0 aliphatic heterocycles. The van der Waals surface area contributed by atoms with E-state index in [1.807, 2.05) is 6.07 Å². The van der Waals surface area contributed by atoms with Crippen LogP contribution in [0.2, 0.25) is 0 Å². The average Bonchev–Trinajstić information content (AvgIpc) is 2.46. The number of hydrogen-bond donors (Lipinski definition) is 2. The maximum atomic E-state index is 11.8. The zero-order chi connectivity index (χ0) is 17.0. The topological polar surface area (TPSA) is 110 Å². The molecule has 0 spiro atoms. The van der Waals surface area contributed by atoms with Gasteiger partial charge in [-0.15, -0.1) is 0 Å². The van der Waals surface area contributed by atoms with Gasteiger partial charge in [0.15, 0.2) is 9.84 Å². The van der Waals surface area contributed by atoms with Gasteiger partial charge in [-0.1, -0.05) is 12.1 Å². The van der Waals surface area contributed by atoms with Crippen LogP contribution in [0, 0.1) is 10.1 Å². The van der Waals surface area contributed by atoms with E-state index in [2.05, 4.69) is 5.32 Å². The predicted molar refractivity (Wildman–Crippen MR) is 86.5 cm³/mol. The Morgan fingerprint density at radius 2 is 1.96 bits per heavy atom. The Hall–Kier alpha value is -2.61. The van der Waals surface area contributed by atoms with Crippen molar-refractivity contribution in [3.8, 4) is 5.75 Å². The quantitative estimate of drug-likeness (QED) is 0.619. The van der Waals surface area contributed by atoms with Crippen LogP contribution in [-0.4, -0.2) is 31.2 Å². The molecule has 0 saturated carbocycles. The van der Waals surface area contributed by atoms with Crippen molar-refractivity contribution >= 4 is 21.2 Å². The Morgan fingerprint density at radius 3 is 2.57 bits per heavy atom. The van der Waals surface area contributed by atoms with E-state index in [1.54, 1.807) is 18.2 Å². The SMILES string of the molecule is CS(=O)(=O)c1cc([N+](=O)[O-])ccc1NCCc1cccc(O)c1. The molecule has 0 saturated heterocycles. The van der Waals surface area contributed by atoms with Gasteiger partial charge < -0.3 is 10.4 Å². The van der Waals surface area contributed by atoms with Crippen molar-refractivity contribution in [2.75, 3.05) is 18.1 Å². The molecule has 2 aromatic rings. The minimum Gasteiger partial charge on any atom is -0.508 e. The number of nitrogens with one attached hydrogen (secondary N) is 1. The summed E-state index contributed by atoms with van der Waals surface area (Å²) >= 11 is 0. The summed E-state index contributed by atoms with van der Waals surface area (Å²) in [6, 6.07) is 10.4. The van der Waals surface area contributed by atoms with E-state index in [0.29, 0.717) is 18.7 Å². The maximum Gasteiger partial charge on any atom is 0.270 e. The number of rotatable bonds is 6. The van der Waals surface area contributed by atoms with Crippen LogP contribution in [0.25, 0.3) is 0 Å². The zero-order valence-electron chi connectivity index (χ0n) is 12.4. The van der Waals surface area contributed by atoms with Gasteiger partial charge in [0.2, 0.25) is 0 Å². The van der Waals surface area contributed by atoms with E-state index >= 15 is 0 Å². The highest BCUT2D eigenvalue weighted by atomic mass is 32.2. The highest BCUT2D eigenvalue weighted by Gasteiger charge is 2.18. The van der Waals surface area contributed by atoms with E-state index < -0.39 is 14.8 Å². The first-order chi connectivity index (χ1) is 10.8. The summed E-state index contributed by atoms with van der Waals surface area (Å²) < 4.78 is 23.6. The van der Waals surface area contributed by atoms with Crippen LogP contribution in [0.15, 0.2) is 47.4 Å². The lowest BCUT2D eigenvalue weighted by molar-refractivity contribution is -0.385. The number of anilines is 1. The monoisotopic (exact) mass is 336 g/mol. The van der Waals surface area contributed by atoms with Gasteiger partial charge in [-0.2, -0.15) is 0 Å². The Kier molecular flexibility index (Phi) is 4.85. The molecular formula is C15H16N2O5S. The number of nitro benzene ring substituents is 1. The van der Waals surface area contributed by atoms with E-state index in [-0.39, 0.29) is 16.3 Å². The molecule has 8 heteroatoms. The standard InChI is InChI=1S/C15H16N2O5S/c1-23(21,22)15-10-12(17(19)20)5-6-14(15)16-8-7-11-3-2-4-13(18)9-11/h2-6,9-10,16,18H,7-8H2,1H3. The second-order valence-corrected chi connectivity index (χ2v) is 7.04. The lowest BCUT2D eigenvalue weighted by Gasteiger charge is -2.11. The molecule has 0 aliphatic carbocycles. The molecule has 7 nitrogen and oxygen atoms in total. The van der Waals surface area contributed by atoms with Gasteiger partial charge in [0.05, 0.1) is 15.5 Å². The number of sulfone groups is 1. The minimum absolute atomic E-state index is 0.109. The van der Waals surface area contributed by atoms with Crippen LogP contribution in [0.1, 0.15) is 5.56 Å². The normalized spacial score (nSPS) is 11.2. The number of benzene rings is 2. The van der Waals surface area contributed by atoms with Crippen LogP contribution in [-0.2, 0) is 16.3 Å². The molecule has 0 atom stereocenters. The third-order valence-electron chi connectivity index (χ3n) is 3.22. The van der Waals surface area contributed by atoms with E-state index in [0.717, 1.165) is 17.9 Å². The number of non-ortho nitro benzene ring substituents is 1. The third-order valence-corrected chi connectivity index (χ3v) is 4.35. The molecule has 0 fully saturated rings. The second-order valence-electron chi connectivity index (χ2n) is 5.06. The number of nitrogens with zero attached hydrogens (tertiary/aromatic N) is 1. The van der Waals surface area contributed by atoms with Crippen molar-refractivity contribution < 1.29 is 18.4 Å². The van der Waals surface area contributed by atoms with Gasteiger partial charge in [0.1, 0.15) is 5.75 Å². The van der Waals surface area contributed by atoms with E-state index in [4.69, 9.17) is 0 Å². The summed E-state index contributed by atoms with van der Waals surface area (Å²) in [6.07, 6.45) is 1.57. The largest absolute Gasteiger partial charge is 0.508 e. The van der Waals surface area contributed by atoms with Crippen LogP contribution >= 0.6 is 0 Å². The molecule has 122 valence electrons. The third kappa shape index (κ3) is 4.43. The van der Waals surface area contributed by atoms with Gasteiger partial charge in [-0.3, -0.25) is 10.1 Å². The van der Waals surface area contributed by atoms with E-state index in [1.165, 1.54) is 12.1 Å². The van der Waals surface area contributed by atoms with Crippen molar-refractivity contribution in [3.63, 3.8) is 0 Å². The summed E-state index contributed by atoms with van der Waals surface area (Å²) in [4.78, 5) is 10.0. The lowest BCUT2D eigenvalue weighted by Crippen LogP contribution is -2.09. The first kappa shape index (κ1) is 16.8. The van der Waals surface area contributed by atoms with Gasteiger partial charge in [-0.25, -0.2) is 8.42 Å². The van der Waals surface area contributed by atoms with Crippen LogP contribution < -0.4 is 5.32 Å². The van der Waals surface area contributed by atoms with Crippen molar-refractivity contribution in [1.82, 2.24) is 0 Å². The fraction of sp³-hybridized carbons (Fsp3) is 0.200. The van der Waals surface area contributed by atoms with Crippen LogP contribution in [0.5, 0.6) is 5.75 Å². The summed E-state index contributed by atoms with van der Waals surface area (Å²) in [6.45, 7) is 0.420. The Bertz CT molecular complexity index is 834. The molecular weight excluding hydrogens is 320 g/mol. The van der Waals surface area contributed by atoms with Crippen molar-refractivity contribution in [3.05, 3.63) is 58.1 Å². The Morgan fingerprint density at radius 1 is 1.22 bits per heavy atom. The molecule has 0 aromatic heterocycles. The predicted octanol–water partition coefficient (Wildman–Crippen LogP) is 2.36. The number of hydrogen-bond acceptors (Lipinski definition) is 6. The van der Waals surface area contributed by atoms with Gasteiger partial charge >= 0.3 is 0 Å². The zero-order valence-corrected chi connectivity index (χ0v) is 13.2. The van der Waals surface area contributed by atoms with Gasteiger partial charge in [0, 0.05) is 24.9 Å². The molecule has 0 bridgehead atoms. The number of phenols is 1. The van der Waals surface area contributed by atoms with Crippen molar-refractivity contribution in [2.45, 2.75) is 11.3 Å². The molecule has 0 aliphatic rings. The molecule has 0 unspecified atom stereocenters. The molecule has 2 aromatic carbocycles. The van der Waals surface area contributed by atoms with Crippen molar-refractivity contribution in [1.29, 1.82) is 0 Å². The first-order valence-corrected chi connectivity index (χ1v) is 8.67. The van der Waals surface area contributed by atoms with Gasteiger partial charge in [-0.05, 0) is 30.2 Å². The molecule has 0 radical (unpaired) electrons. The lowest BCUT2D eigenvalue weighted by atomic mass is 10.1. The molecule has 0 amide bonds. The summed E-state index contributed by atoms with van der Waals surface area (Å²) in [5.74, 6) is 0.162. The molecule has 23 heavy (non-hydrogen) atoms. The van der Waals surface area contributed by atoms with Crippen LogP contribution in [0.4, 0.5) is 11.4 Å². The smallest absolute Gasteiger partial charge is 0.270 e. The Labute approximate surface area is 133 Å². The second kappa shape index (κ2) is 6.66. The number of aromatic hydroxyl groups is 1.